The van der Waals surface area contributed by atoms with Gasteiger partial charge in [-0.25, -0.2) is 9.48 Å². The number of ether oxygens (including phenoxy) is 4. The van der Waals surface area contributed by atoms with E-state index in [1.54, 1.807) is 35.9 Å². The number of halogens is 1. The highest BCUT2D eigenvalue weighted by Gasteiger charge is 2.16. The van der Waals surface area contributed by atoms with Gasteiger partial charge in [0.25, 0.3) is 0 Å². The summed E-state index contributed by atoms with van der Waals surface area (Å²) in [7, 11) is 0. The molecule has 0 amide bonds. The summed E-state index contributed by atoms with van der Waals surface area (Å²) in [6.07, 6.45) is -0.262. The van der Waals surface area contributed by atoms with Crippen LogP contribution in [0.2, 0.25) is 5.02 Å². The first-order valence-electron chi connectivity index (χ1n) is 10.0. The third kappa shape index (κ3) is 6.49. The summed E-state index contributed by atoms with van der Waals surface area (Å²) in [4.78, 5) is 22.6. The molecule has 0 bridgehead atoms. The first-order chi connectivity index (χ1) is 15.5. The predicted octanol–water partition coefficient (Wildman–Crippen LogP) is 5.06. The molecule has 32 heavy (non-hydrogen) atoms. The number of benzene rings is 2. The zero-order valence-electron chi connectivity index (χ0n) is 17.7. The summed E-state index contributed by atoms with van der Waals surface area (Å²) in [5.41, 5.74) is 2.14. The van der Waals surface area contributed by atoms with Crippen LogP contribution < -0.4 is 9.47 Å². The molecule has 8 nitrogen and oxygen atoms in total. The van der Waals surface area contributed by atoms with Crippen LogP contribution in [0.1, 0.15) is 20.3 Å². The maximum Gasteiger partial charge on any atom is 0.515 e. The van der Waals surface area contributed by atoms with Crippen molar-refractivity contribution in [1.29, 1.82) is 0 Å². The number of nitrogens with zero attached hydrogens (tertiary/aromatic N) is 2. The van der Waals surface area contributed by atoms with Gasteiger partial charge in [-0.05, 0) is 37.3 Å². The lowest BCUT2D eigenvalue weighted by molar-refractivity contribution is -0.141. The fourth-order valence-corrected chi connectivity index (χ4v) is 3.05. The van der Waals surface area contributed by atoms with E-state index in [0.717, 1.165) is 5.56 Å². The van der Waals surface area contributed by atoms with Crippen LogP contribution in [-0.4, -0.2) is 41.7 Å². The Bertz CT molecular complexity index is 1080. The first-order valence-corrected chi connectivity index (χ1v) is 10.4. The summed E-state index contributed by atoms with van der Waals surface area (Å²) in [6.45, 7) is 3.94. The van der Waals surface area contributed by atoms with Crippen LogP contribution in [0.25, 0.3) is 16.9 Å². The van der Waals surface area contributed by atoms with Crippen molar-refractivity contribution in [2.75, 3.05) is 19.8 Å². The largest absolute Gasteiger partial charge is 0.515 e. The van der Waals surface area contributed by atoms with Crippen LogP contribution in [0.5, 0.6) is 11.6 Å². The third-order valence-electron chi connectivity index (χ3n) is 4.18. The molecule has 168 valence electrons. The zero-order valence-corrected chi connectivity index (χ0v) is 18.5. The normalized spacial score (nSPS) is 10.5. The maximum atomic E-state index is 11.8. The molecule has 0 atom stereocenters. The molecule has 0 fully saturated rings. The van der Waals surface area contributed by atoms with Gasteiger partial charge in [-0.2, -0.15) is 0 Å². The minimum atomic E-state index is -0.834. The molecule has 0 radical (unpaired) electrons. The smallest absolute Gasteiger partial charge is 0.493 e. The molecule has 0 aliphatic heterocycles. The van der Waals surface area contributed by atoms with Gasteiger partial charge in [0.1, 0.15) is 5.75 Å². The standard InChI is InChI=1S/C23H23ClN2O6/c1-3-29-23(28)32-22-15-21(26(25-22)19-9-5-8-18(24)14-19)17-7-4-10-20(13-17)31-12-6-11-30-16(2)27/h4-5,7-10,13-15H,3,6,11-12H2,1-2H3. The van der Waals surface area contributed by atoms with Gasteiger partial charge in [0.05, 0.1) is 31.2 Å². The number of hydrogen-bond acceptors (Lipinski definition) is 7. The minimum absolute atomic E-state index is 0.0890. The van der Waals surface area contributed by atoms with Gasteiger partial charge in [0, 0.05) is 30.0 Å². The first kappa shape index (κ1) is 23.1. The van der Waals surface area contributed by atoms with Crippen LogP contribution >= 0.6 is 11.6 Å². The van der Waals surface area contributed by atoms with E-state index in [-0.39, 0.29) is 18.5 Å². The van der Waals surface area contributed by atoms with Crippen LogP contribution in [0.4, 0.5) is 4.79 Å². The van der Waals surface area contributed by atoms with E-state index in [9.17, 15) is 9.59 Å². The van der Waals surface area contributed by atoms with Crippen molar-refractivity contribution in [1.82, 2.24) is 9.78 Å². The number of esters is 1. The Morgan fingerprint density at radius 1 is 1.03 bits per heavy atom. The van der Waals surface area contributed by atoms with Crippen molar-refractivity contribution in [2.24, 2.45) is 0 Å². The van der Waals surface area contributed by atoms with Crippen molar-refractivity contribution in [2.45, 2.75) is 20.3 Å². The van der Waals surface area contributed by atoms with E-state index in [1.807, 2.05) is 30.3 Å². The quantitative estimate of drug-likeness (QED) is 0.327. The number of carbonyl (C=O) groups excluding carboxylic acids is 2. The van der Waals surface area contributed by atoms with Gasteiger partial charge < -0.3 is 18.9 Å². The fraction of sp³-hybridized carbons (Fsp3) is 0.261. The van der Waals surface area contributed by atoms with Crippen LogP contribution in [0.15, 0.2) is 54.6 Å². The lowest BCUT2D eigenvalue weighted by Gasteiger charge is -2.10. The highest BCUT2D eigenvalue weighted by molar-refractivity contribution is 6.30. The number of hydrogen-bond donors (Lipinski definition) is 0. The summed E-state index contributed by atoms with van der Waals surface area (Å²) in [5, 5.41) is 4.94. The van der Waals surface area contributed by atoms with E-state index in [1.165, 1.54) is 6.92 Å². The van der Waals surface area contributed by atoms with E-state index in [4.69, 9.17) is 30.5 Å². The lowest BCUT2D eigenvalue weighted by Crippen LogP contribution is -2.10. The molecule has 3 aromatic rings. The van der Waals surface area contributed by atoms with Crippen LogP contribution in [0, 0.1) is 0 Å². The number of aromatic nitrogens is 2. The Morgan fingerprint density at radius 2 is 1.84 bits per heavy atom. The molecule has 0 spiro atoms. The summed E-state index contributed by atoms with van der Waals surface area (Å²) in [5.74, 6) is 0.408. The number of rotatable bonds is 9. The maximum absolute atomic E-state index is 11.8. The molecule has 0 saturated heterocycles. The zero-order chi connectivity index (χ0) is 22.9. The summed E-state index contributed by atoms with van der Waals surface area (Å²) < 4.78 is 22.3. The van der Waals surface area contributed by atoms with E-state index in [2.05, 4.69) is 5.10 Å². The fourth-order valence-electron chi connectivity index (χ4n) is 2.86. The molecule has 0 N–H and O–H groups in total. The average molecular weight is 459 g/mol. The molecule has 9 heteroatoms. The van der Waals surface area contributed by atoms with Gasteiger partial charge in [0.2, 0.25) is 5.88 Å². The molecule has 2 aromatic carbocycles. The Balaban J connectivity index is 1.86. The van der Waals surface area contributed by atoms with Gasteiger partial charge in [-0.15, -0.1) is 5.10 Å². The highest BCUT2D eigenvalue weighted by atomic mass is 35.5. The van der Waals surface area contributed by atoms with Crippen molar-refractivity contribution in [3.63, 3.8) is 0 Å². The van der Waals surface area contributed by atoms with Gasteiger partial charge in [-0.1, -0.05) is 29.8 Å². The van der Waals surface area contributed by atoms with E-state index >= 15 is 0 Å². The Kier molecular flexibility index (Phi) is 8.10. The second kappa shape index (κ2) is 11.2. The van der Waals surface area contributed by atoms with E-state index in [0.29, 0.717) is 41.8 Å². The van der Waals surface area contributed by atoms with Gasteiger partial charge in [-0.3, -0.25) is 4.79 Å². The highest BCUT2D eigenvalue weighted by Crippen LogP contribution is 2.30. The minimum Gasteiger partial charge on any atom is -0.493 e. The Morgan fingerprint density at radius 3 is 2.59 bits per heavy atom. The molecule has 3 rings (SSSR count). The van der Waals surface area contributed by atoms with Gasteiger partial charge in [0.15, 0.2) is 0 Å². The second-order valence-electron chi connectivity index (χ2n) is 6.61. The third-order valence-corrected chi connectivity index (χ3v) is 4.42. The Hall–Kier alpha value is -3.52. The van der Waals surface area contributed by atoms with Crippen molar-refractivity contribution >= 4 is 23.7 Å². The molecule has 0 unspecified atom stereocenters. The summed E-state index contributed by atoms with van der Waals surface area (Å²) >= 11 is 6.16. The molecule has 0 aliphatic carbocycles. The van der Waals surface area contributed by atoms with Crippen molar-refractivity contribution in [3.8, 4) is 28.6 Å². The monoisotopic (exact) mass is 458 g/mol. The molecule has 1 heterocycles. The average Bonchev–Trinajstić information content (AvgIpc) is 3.17. The van der Waals surface area contributed by atoms with Crippen molar-refractivity contribution < 1.29 is 28.5 Å². The molecular formula is C23H23ClN2O6. The predicted molar refractivity (Wildman–Crippen MR) is 118 cm³/mol. The number of carbonyl (C=O) groups is 2. The molecular weight excluding hydrogens is 436 g/mol. The molecule has 0 aliphatic rings. The SMILES string of the molecule is CCOC(=O)Oc1cc(-c2cccc(OCCCOC(C)=O)c2)n(-c2cccc(Cl)c2)n1. The van der Waals surface area contributed by atoms with E-state index < -0.39 is 6.16 Å². The Labute approximate surface area is 190 Å². The van der Waals surface area contributed by atoms with Crippen LogP contribution in [-0.2, 0) is 14.3 Å². The lowest BCUT2D eigenvalue weighted by atomic mass is 10.1. The molecule has 1 aromatic heterocycles. The summed E-state index contributed by atoms with van der Waals surface area (Å²) in [6, 6.07) is 16.2. The molecule has 0 saturated carbocycles. The van der Waals surface area contributed by atoms with Crippen molar-refractivity contribution in [3.05, 3.63) is 59.6 Å². The second-order valence-corrected chi connectivity index (χ2v) is 7.05. The van der Waals surface area contributed by atoms with Gasteiger partial charge >= 0.3 is 12.1 Å². The van der Waals surface area contributed by atoms with Crippen LogP contribution in [0.3, 0.4) is 0 Å². The topological polar surface area (TPSA) is 88.9 Å².